The van der Waals surface area contributed by atoms with Gasteiger partial charge in [-0.3, -0.25) is 0 Å². The van der Waals surface area contributed by atoms with Crippen molar-refractivity contribution in [2.45, 2.75) is 0 Å². The van der Waals surface area contributed by atoms with Gasteiger partial charge in [0.05, 0.1) is 16.1 Å². The number of para-hydroxylation sites is 1. The topological polar surface area (TPSA) is 3.24 Å². The Hall–Kier alpha value is -6.74. The van der Waals surface area contributed by atoms with Crippen LogP contribution in [0.1, 0.15) is 0 Å². The van der Waals surface area contributed by atoms with Gasteiger partial charge in [0, 0.05) is 26.7 Å². The Morgan fingerprint density at radius 3 is 1.59 bits per heavy atom. The summed E-state index contributed by atoms with van der Waals surface area (Å²) >= 11 is 1.87. The predicted molar refractivity (Wildman–Crippen MR) is 233 cm³/mol. The van der Waals surface area contributed by atoms with E-state index >= 15 is 0 Å². The van der Waals surface area contributed by atoms with E-state index in [0.29, 0.717) is 0 Å². The minimum atomic E-state index is 1.11. The van der Waals surface area contributed by atoms with Crippen molar-refractivity contribution in [1.29, 1.82) is 0 Å². The van der Waals surface area contributed by atoms with Crippen LogP contribution in [0, 0.1) is 0 Å². The number of hydrogen-bond acceptors (Lipinski definition) is 2. The zero-order chi connectivity index (χ0) is 35.8. The van der Waals surface area contributed by atoms with Crippen LogP contribution in [0.5, 0.6) is 0 Å². The molecular weight excluding hydrogens is 671 g/mol. The summed E-state index contributed by atoms with van der Waals surface area (Å²) in [5, 5.41) is 5.08. The Kier molecular flexibility index (Phi) is 8.09. The van der Waals surface area contributed by atoms with Gasteiger partial charge in [-0.05, 0) is 80.0 Å². The van der Waals surface area contributed by atoms with Crippen LogP contribution in [-0.4, -0.2) is 0 Å². The van der Waals surface area contributed by atoms with E-state index < -0.39 is 0 Å². The first-order valence-corrected chi connectivity index (χ1v) is 19.3. The summed E-state index contributed by atoms with van der Waals surface area (Å²) in [6.45, 7) is 0. The Morgan fingerprint density at radius 2 is 0.796 bits per heavy atom. The Morgan fingerprint density at radius 1 is 0.296 bits per heavy atom. The first-order chi connectivity index (χ1) is 26.8. The molecule has 0 aliphatic carbocycles. The summed E-state index contributed by atoms with van der Waals surface area (Å²) in [5.41, 5.74) is 13.1. The molecule has 0 spiro atoms. The number of nitrogens with zero attached hydrogens (tertiary/aromatic N) is 1. The molecule has 9 aromatic carbocycles. The third kappa shape index (κ3) is 5.56. The summed E-state index contributed by atoms with van der Waals surface area (Å²) in [5.74, 6) is 0. The number of thiophene rings is 1. The van der Waals surface area contributed by atoms with Gasteiger partial charge in [-0.2, -0.15) is 0 Å². The van der Waals surface area contributed by atoms with E-state index in [1.165, 1.54) is 81.1 Å². The monoisotopic (exact) mass is 705 g/mol. The molecule has 54 heavy (non-hydrogen) atoms. The van der Waals surface area contributed by atoms with Crippen molar-refractivity contribution in [2.75, 3.05) is 4.90 Å². The smallest absolute Gasteiger partial charge is 0.0640 e. The molecular formula is C52H35NS. The highest BCUT2D eigenvalue weighted by Crippen LogP contribution is 2.49. The Bertz CT molecular complexity index is 2930. The van der Waals surface area contributed by atoms with Crippen molar-refractivity contribution >= 4 is 59.3 Å². The summed E-state index contributed by atoms with van der Waals surface area (Å²) < 4.78 is 2.57. The summed E-state index contributed by atoms with van der Waals surface area (Å²) in [7, 11) is 0. The van der Waals surface area contributed by atoms with Crippen molar-refractivity contribution < 1.29 is 0 Å². The molecule has 0 fully saturated rings. The van der Waals surface area contributed by atoms with Gasteiger partial charge in [0.1, 0.15) is 0 Å². The van der Waals surface area contributed by atoms with Crippen LogP contribution < -0.4 is 4.90 Å². The van der Waals surface area contributed by atoms with E-state index in [0.717, 1.165) is 11.4 Å². The summed E-state index contributed by atoms with van der Waals surface area (Å²) in [4.78, 5) is 2.47. The van der Waals surface area contributed by atoms with Gasteiger partial charge in [0.25, 0.3) is 0 Å². The minimum absolute atomic E-state index is 1.11. The third-order valence-electron chi connectivity index (χ3n) is 10.5. The quantitative estimate of drug-likeness (QED) is 0.160. The van der Waals surface area contributed by atoms with Crippen molar-refractivity contribution in [1.82, 2.24) is 0 Å². The van der Waals surface area contributed by atoms with E-state index in [4.69, 9.17) is 0 Å². The van der Waals surface area contributed by atoms with Crippen molar-refractivity contribution in [3.63, 3.8) is 0 Å². The maximum Gasteiger partial charge on any atom is 0.0640 e. The molecule has 0 aliphatic rings. The van der Waals surface area contributed by atoms with Crippen LogP contribution in [0.15, 0.2) is 212 Å². The number of fused-ring (bicyclic) bond motifs is 4. The van der Waals surface area contributed by atoms with Crippen molar-refractivity contribution in [3.8, 4) is 44.5 Å². The van der Waals surface area contributed by atoms with Crippen LogP contribution in [0.3, 0.4) is 0 Å². The standard InChI is InChI=1S/C52H35NS/c1-2-16-36(17-3-1)42-21-6-7-22-43(42)44-23-8-9-24-45(44)46-25-10-12-29-49(46)53(50-30-15-28-48-47-26-11-13-31-51(47)54-52(48)50)39-34-32-38(33-35-39)41-27-14-19-37-18-4-5-20-40(37)41/h1-35H. The normalized spacial score (nSPS) is 11.3. The van der Waals surface area contributed by atoms with Crippen molar-refractivity contribution in [3.05, 3.63) is 212 Å². The number of anilines is 3. The van der Waals surface area contributed by atoms with Gasteiger partial charge in [-0.25, -0.2) is 0 Å². The largest absolute Gasteiger partial charge is 0.308 e. The minimum Gasteiger partial charge on any atom is -0.308 e. The van der Waals surface area contributed by atoms with Gasteiger partial charge in [0.15, 0.2) is 0 Å². The highest BCUT2D eigenvalue weighted by Gasteiger charge is 2.23. The first kappa shape index (κ1) is 32.0. The van der Waals surface area contributed by atoms with E-state index in [9.17, 15) is 0 Å². The molecule has 0 unspecified atom stereocenters. The summed E-state index contributed by atoms with van der Waals surface area (Å²) in [6, 6.07) is 77.1. The Labute approximate surface area is 319 Å². The lowest BCUT2D eigenvalue weighted by Crippen LogP contribution is -2.11. The second-order valence-corrected chi connectivity index (χ2v) is 14.7. The average Bonchev–Trinajstić information content (AvgIpc) is 3.64. The van der Waals surface area contributed by atoms with Gasteiger partial charge in [0.2, 0.25) is 0 Å². The molecule has 0 aliphatic heterocycles. The molecule has 1 aromatic heterocycles. The SMILES string of the molecule is c1ccc(-c2ccccc2-c2ccccc2-c2ccccc2N(c2ccc(-c3cccc4ccccc34)cc2)c2cccc3c2sc2ccccc23)cc1. The molecule has 1 heterocycles. The zero-order valence-corrected chi connectivity index (χ0v) is 30.4. The molecule has 0 radical (unpaired) electrons. The number of benzene rings is 9. The van der Waals surface area contributed by atoms with E-state index in [2.05, 4.69) is 217 Å². The number of hydrogen-bond donors (Lipinski definition) is 0. The average molecular weight is 706 g/mol. The second kappa shape index (κ2) is 13.7. The molecule has 0 amide bonds. The van der Waals surface area contributed by atoms with Gasteiger partial charge in [-0.15, -0.1) is 11.3 Å². The second-order valence-electron chi connectivity index (χ2n) is 13.6. The fraction of sp³-hybridized carbons (Fsp3) is 0. The molecule has 254 valence electrons. The highest BCUT2D eigenvalue weighted by molar-refractivity contribution is 7.26. The van der Waals surface area contributed by atoms with Crippen LogP contribution in [0.4, 0.5) is 17.1 Å². The van der Waals surface area contributed by atoms with Gasteiger partial charge in [-0.1, -0.05) is 182 Å². The zero-order valence-electron chi connectivity index (χ0n) is 29.6. The molecule has 2 heteroatoms. The maximum atomic E-state index is 2.47. The van der Waals surface area contributed by atoms with Gasteiger partial charge < -0.3 is 4.90 Å². The van der Waals surface area contributed by atoms with E-state index in [1.807, 2.05) is 11.3 Å². The predicted octanol–water partition coefficient (Wildman–Crippen LogP) is 15.3. The summed E-state index contributed by atoms with van der Waals surface area (Å²) in [6.07, 6.45) is 0. The van der Waals surface area contributed by atoms with Crippen LogP contribution >= 0.6 is 11.3 Å². The molecule has 0 N–H and O–H groups in total. The van der Waals surface area contributed by atoms with Crippen LogP contribution in [0.2, 0.25) is 0 Å². The molecule has 0 atom stereocenters. The van der Waals surface area contributed by atoms with Crippen molar-refractivity contribution in [2.24, 2.45) is 0 Å². The van der Waals surface area contributed by atoms with Crippen LogP contribution in [0.25, 0.3) is 75.5 Å². The van der Waals surface area contributed by atoms with Gasteiger partial charge >= 0.3 is 0 Å². The molecule has 1 nitrogen and oxygen atoms in total. The first-order valence-electron chi connectivity index (χ1n) is 18.4. The maximum absolute atomic E-state index is 2.47. The van der Waals surface area contributed by atoms with Crippen LogP contribution in [-0.2, 0) is 0 Å². The van der Waals surface area contributed by atoms with E-state index in [-0.39, 0.29) is 0 Å². The molecule has 10 aromatic rings. The lowest BCUT2D eigenvalue weighted by molar-refractivity contribution is 1.30. The lowest BCUT2D eigenvalue weighted by Gasteiger charge is -2.29. The van der Waals surface area contributed by atoms with E-state index in [1.54, 1.807) is 0 Å². The Balaban J connectivity index is 1.19. The molecule has 0 saturated heterocycles. The molecule has 10 rings (SSSR count). The molecule has 0 bridgehead atoms. The lowest BCUT2D eigenvalue weighted by atomic mass is 9.88. The fourth-order valence-corrected chi connectivity index (χ4v) is 9.23. The fourth-order valence-electron chi connectivity index (χ4n) is 8.02. The third-order valence-corrected chi connectivity index (χ3v) is 11.7. The molecule has 0 saturated carbocycles. The highest BCUT2D eigenvalue weighted by atomic mass is 32.1. The number of rotatable bonds is 7.